The molecule has 2 atom stereocenters. The van der Waals surface area contributed by atoms with Crippen molar-refractivity contribution < 1.29 is 5.11 Å². The van der Waals surface area contributed by atoms with Crippen molar-refractivity contribution in [1.82, 2.24) is 0 Å². The van der Waals surface area contributed by atoms with E-state index in [-0.39, 0.29) is 6.04 Å². The predicted molar refractivity (Wildman–Crippen MR) is 83.9 cm³/mol. The van der Waals surface area contributed by atoms with E-state index in [1.165, 1.54) is 0 Å². The van der Waals surface area contributed by atoms with Crippen LogP contribution in [0.15, 0.2) is 54.6 Å². The highest BCUT2D eigenvalue weighted by Crippen LogP contribution is 2.21. The lowest BCUT2D eigenvalue weighted by Gasteiger charge is -2.20. The quantitative estimate of drug-likeness (QED) is 0.877. The Morgan fingerprint density at radius 3 is 2.15 bits per heavy atom. The Bertz CT molecular complexity index is 522. The van der Waals surface area contributed by atoms with Gasteiger partial charge in [-0.1, -0.05) is 42.5 Å². The molecule has 0 spiro atoms. The maximum Gasteiger partial charge on any atom is 0.0944 e. The van der Waals surface area contributed by atoms with E-state index in [9.17, 15) is 5.11 Å². The smallest absolute Gasteiger partial charge is 0.0944 e. The van der Waals surface area contributed by atoms with Crippen LogP contribution in [0.4, 0.5) is 5.69 Å². The molecule has 20 heavy (non-hydrogen) atoms. The Balaban J connectivity index is 2.04. The summed E-state index contributed by atoms with van der Waals surface area (Å²) < 4.78 is 0. The van der Waals surface area contributed by atoms with Crippen LogP contribution in [0.3, 0.4) is 0 Å². The molecule has 0 aromatic heterocycles. The minimum Gasteiger partial charge on any atom is -0.387 e. The van der Waals surface area contributed by atoms with E-state index >= 15 is 0 Å². The molecule has 3 N–H and O–H groups in total. The number of benzene rings is 2. The summed E-state index contributed by atoms with van der Waals surface area (Å²) in [7, 11) is 3.99. The van der Waals surface area contributed by atoms with Crippen molar-refractivity contribution in [2.24, 2.45) is 5.73 Å². The Morgan fingerprint density at radius 2 is 1.60 bits per heavy atom. The Morgan fingerprint density at radius 1 is 1.00 bits per heavy atom. The van der Waals surface area contributed by atoms with E-state index < -0.39 is 6.10 Å². The highest BCUT2D eigenvalue weighted by atomic mass is 16.3. The van der Waals surface area contributed by atoms with Crippen LogP contribution < -0.4 is 10.6 Å². The molecule has 3 nitrogen and oxygen atoms in total. The van der Waals surface area contributed by atoms with Gasteiger partial charge in [-0.2, -0.15) is 0 Å². The standard InChI is InChI=1S/C17H22N2O/c1-19(2)15-10-8-14(9-11-15)17(20)16(18)12-13-6-4-3-5-7-13/h3-11,16-17,20H,12,18H2,1-2H3. The van der Waals surface area contributed by atoms with Crippen LogP contribution in [0, 0.1) is 0 Å². The minimum atomic E-state index is -0.647. The average Bonchev–Trinajstić information content (AvgIpc) is 2.47. The zero-order chi connectivity index (χ0) is 14.5. The first kappa shape index (κ1) is 14.6. The van der Waals surface area contributed by atoms with E-state index in [4.69, 9.17) is 5.73 Å². The van der Waals surface area contributed by atoms with Gasteiger partial charge < -0.3 is 15.7 Å². The third kappa shape index (κ3) is 3.59. The van der Waals surface area contributed by atoms with E-state index in [1.54, 1.807) is 0 Å². The fourth-order valence-corrected chi connectivity index (χ4v) is 2.21. The van der Waals surface area contributed by atoms with Crippen LogP contribution in [0.5, 0.6) is 0 Å². The summed E-state index contributed by atoms with van der Waals surface area (Å²) in [6.45, 7) is 0. The highest BCUT2D eigenvalue weighted by molar-refractivity contribution is 5.46. The highest BCUT2D eigenvalue weighted by Gasteiger charge is 2.17. The summed E-state index contributed by atoms with van der Waals surface area (Å²) >= 11 is 0. The zero-order valence-electron chi connectivity index (χ0n) is 12.0. The molecule has 0 heterocycles. The topological polar surface area (TPSA) is 49.5 Å². The number of aliphatic hydroxyl groups excluding tert-OH is 1. The van der Waals surface area contributed by atoms with Crippen molar-refractivity contribution in [3.8, 4) is 0 Å². The van der Waals surface area contributed by atoms with Gasteiger partial charge in [-0.05, 0) is 29.7 Å². The molecule has 2 rings (SSSR count). The molecular formula is C17H22N2O. The van der Waals surface area contributed by atoms with Crippen molar-refractivity contribution in [2.45, 2.75) is 18.6 Å². The molecule has 0 saturated carbocycles. The second-order valence-corrected chi connectivity index (χ2v) is 5.28. The summed E-state index contributed by atoms with van der Waals surface area (Å²) in [6.07, 6.45) is 0.0173. The van der Waals surface area contributed by atoms with Crippen LogP contribution in [0.1, 0.15) is 17.2 Å². The van der Waals surface area contributed by atoms with Gasteiger partial charge in [-0.15, -0.1) is 0 Å². The van der Waals surface area contributed by atoms with Gasteiger partial charge >= 0.3 is 0 Å². The Hall–Kier alpha value is -1.84. The lowest BCUT2D eigenvalue weighted by molar-refractivity contribution is 0.146. The van der Waals surface area contributed by atoms with Gasteiger partial charge in [0, 0.05) is 25.8 Å². The molecule has 0 amide bonds. The van der Waals surface area contributed by atoms with Gasteiger partial charge in [0.1, 0.15) is 0 Å². The summed E-state index contributed by atoms with van der Waals surface area (Å²) in [4.78, 5) is 2.03. The number of nitrogens with zero attached hydrogens (tertiary/aromatic N) is 1. The fourth-order valence-electron chi connectivity index (χ4n) is 2.21. The summed E-state index contributed by atoms with van der Waals surface area (Å²) in [5.41, 5.74) is 9.23. The number of nitrogens with two attached hydrogens (primary N) is 1. The molecule has 3 heteroatoms. The molecule has 2 unspecified atom stereocenters. The lowest BCUT2D eigenvalue weighted by atomic mass is 9.97. The van der Waals surface area contributed by atoms with Crippen LogP contribution in [-0.4, -0.2) is 25.2 Å². The summed E-state index contributed by atoms with van der Waals surface area (Å²) in [5.74, 6) is 0. The predicted octanol–water partition coefficient (Wildman–Crippen LogP) is 2.36. The van der Waals surface area contributed by atoms with Crippen LogP contribution in [0.25, 0.3) is 0 Å². The third-order valence-electron chi connectivity index (χ3n) is 3.47. The van der Waals surface area contributed by atoms with Gasteiger partial charge in [-0.25, -0.2) is 0 Å². The molecule has 0 aliphatic carbocycles. The summed E-state index contributed by atoms with van der Waals surface area (Å²) in [5, 5.41) is 10.3. The SMILES string of the molecule is CN(C)c1ccc(C(O)C(N)Cc2ccccc2)cc1. The van der Waals surface area contributed by atoms with Crippen LogP contribution in [-0.2, 0) is 6.42 Å². The van der Waals surface area contributed by atoms with Gasteiger partial charge in [0.05, 0.1) is 6.10 Å². The molecule has 0 aliphatic rings. The second kappa shape index (κ2) is 6.55. The zero-order valence-corrected chi connectivity index (χ0v) is 12.0. The van der Waals surface area contributed by atoms with Crippen molar-refractivity contribution in [1.29, 1.82) is 0 Å². The van der Waals surface area contributed by atoms with Gasteiger partial charge in [0.25, 0.3) is 0 Å². The van der Waals surface area contributed by atoms with Gasteiger partial charge in [0.15, 0.2) is 0 Å². The molecule has 2 aromatic rings. The number of hydrogen-bond donors (Lipinski definition) is 2. The normalized spacial score (nSPS) is 13.8. The monoisotopic (exact) mass is 270 g/mol. The maximum atomic E-state index is 10.3. The average molecular weight is 270 g/mol. The minimum absolute atomic E-state index is 0.303. The maximum absolute atomic E-state index is 10.3. The van der Waals surface area contributed by atoms with Crippen molar-refractivity contribution >= 4 is 5.69 Å². The first-order valence-corrected chi connectivity index (χ1v) is 6.83. The van der Waals surface area contributed by atoms with Crippen molar-refractivity contribution in [3.05, 3.63) is 65.7 Å². The van der Waals surface area contributed by atoms with Gasteiger partial charge in [-0.3, -0.25) is 0 Å². The first-order chi connectivity index (χ1) is 9.58. The van der Waals surface area contributed by atoms with E-state index in [0.29, 0.717) is 6.42 Å². The Kier molecular flexibility index (Phi) is 4.77. The van der Waals surface area contributed by atoms with E-state index in [2.05, 4.69) is 0 Å². The second-order valence-electron chi connectivity index (χ2n) is 5.28. The molecule has 0 fully saturated rings. The molecule has 0 radical (unpaired) electrons. The molecule has 0 saturated heterocycles. The first-order valence-electron chi connectivity index (χ1n) is 6.83. The molecule has 106 valence electrons. The molecule has 0 bridgehead atoms. The number of hydrogen-bond acceptors (Lipinski definition) is 3. The van der Waals surface area contributed by atoms with Gasteiger partial charge in [0.2, 0.25) is 0 Å². The van der Waals surface area contributed by atoms with Crippen LogP contribution in [0.2, 0.25) is 0 Å². The molecular weight excluding hydrogens is 248 g/mol. The largest absolute Gasteiger partial charge is 0.387 e. The number of rotatable bonds is 5. The molecule has 2 aromatic carbocycles. The lowest BCUT2D eigenvalue weighted by Crippen LogP contribution is -2.30. The fraction of sp³-hybridized carbons (Fsp3) is 0.294. The van der Waals surface area contributed by atoms with E-state index in [0.717, 1.165) is 16.8 Å². The van der Waals surface area contributed by atoms with E-state index in [1.807, 2.05) is 73.6 Å². The summed E-state index contributed by atoms with van der Waals surface area (Å²) in [6, 6.07) is 17.6. The Labute approximate surface area is 120 Å². The third-order valence-corrected chi connectivity index (χ3v) is 3.47. The van der Waals surface area contributed by atoms with Crippen molar-refractivity contribution in [2.75, 3.05) is 19.0 Å². The van der Waals surface area contributed by atoms with Crippen molar-refractivity contribution in [3.63, 3.8) is 0 Å². The number of anilines is 1. The number of aliphatic hydroxyl groups is 1. The van der Waals surface area contributed by atoms with Crippen LogP contribution >= 0.6 is 0 Å². The molecule has 0 aliphatic heterocycles.